The molecule has 0 radical (unpaired) electrons. The van der Waals surface area contributed by atoms with Crippen molar-refractivity contribution in [1.29, 1.82) is 0 Å². The minimum Gasteiger partial charge on any atom is -0.481 e. The lowest BCUT2D eigenvalue weighted by Crippen LogP contribution is -2.54. The molecule has 8 N–H and O–H groups in total. The van der Waals surface area contributed by atoms with Crippen molar-refractivity contribution in [2.45, 2.75) is 37.4 Å². The Kier molecular flexibility index (Phi) is 12.6. The maximum Gasteiger partial charge on any atom is 0.328 e. The number of carboxylic acid groups (broad SMARTS) is 2. The van der Waals surface area contributed by atoms with Gasteiger partial charge >= 0.3 is 11.9 Å². The molecule has 0 saturated heterocycles. The lowest BCUT2D eigenvalue weighted by molar-refractivity contribution is -0.144. The topological polar surface area (TPSA) is 208 Å². The quantitative estimate of drug-likeness (QED) is 0.152. The highest BCUT2D eigenvalue weighted by molar-refractivity contribution is 7.98. The molecule has 0 aromatic rings. The summed E-state index contributed by atoms with van der Waals surface area (Å²) in [5, 5.41) is 33.1. The average Bonchev–Trinajstić information content (AvgIpc) is 2.64. The molecular weight excluding hydrogens is 396 g/mol. The van der Waals surface area contributed by atoms with Crippen LogP contribution in [0, 0.1) is 0 Å². The van der Waals surface area contributed by atoms with E-state index in [1.54, 1.807) is 0 Å². The van der Waals surface area contributed by atoms with E-state index in [0.717, 1.165) is 0 Å². The number of carboxylic acids is 2. The summed E-state index contributed by atoms with van der Waals surface area (Å²) in [6.45, 7) is -1.38. The number of carbonyl (C=O) groups is 5. The van der Waals surface area contributed by atoms with E-state index in [0.29, 0.717) is 12.2 Å². The van der Waals surface area contributed by atoms with Crippen LogP contribution in [0.25, 0.3) is 0 Å². The number of aliphatic hydroxyl groups excluding tert-OH is 1. The van der Waals surface area contributed by atoms with Crippen LogP contribution < -0.4 is 21.7 Å². The minimum atomic E-state index is -1.61. The monoisotopic (exact) mass is 422 g/mol. The van der Waals surface area contributed by atoms with Gasteiger partial charge in [0.15, 0.2) is 0 Å². The summed E-state index contributed by atoms with van der Waals surface area (Å²) in [5.41, 5.74) is 5.65. The van der Waals surface area contributed by atoms with Gasteiger partial charge in [-0.2, -0.15) is 11.8 Å². The van der Waals surface area contributed by atoms with E-state index in [1.165, 1.54) is 11.8 Å². The molecule has 13 heteroatoms. The fourth-order valence-electron chi connectivity index (χ4n) is 1.91. The predicted octanol–water partition coefficient (Wildman–Crippen LogP) is -2.91. The Morgan fingerprint density at radius 3 is 2.14 bits per heavy atom. The van der Waals surface area contributed by atoms with Gasteiger partial charge in [0.25, 0.3) is 0 Å². The molecule has 3 amide bonds. The molecule has 0 aliphatic heterocycles. The van der Waals surface area contributed by atoms with E-state index in [9.17, 15) is 24.0 Å². The van der Waals surface area contributed by atoms with Crippen LogP contribution in [-0.2, 0) is 24.0 Å². The smallest absolute Gasteiger partial charge is 0.328 e. The zero-order valence-corrected chi connectivity index (χ0v) is 16.2. The summed E-state index contributed by atoms with van der Waals surface area (Å²) in [4.78, 5) is 57.5. The summed E-state index contributed by atoms with van der Waals surface area (Å²) in [5.74, 6) is -4.37. The van der Waals surface area contributed by atoms with Crippen LogP contribution in [-0.4, -0.2) is 88.3 Å². The van der Waals surface area contributed by atoms with E-state index in [4.69, 9.17) is 21.1 Å². The molecule has 0 aromatic carbocycles. The maximum absolute atomic E-state index is 12.1. The van der Waals surface area contributed by atoms with Crippen LogP contribution >= 0.6 is 11.8 Å². The largest absolute Gasteiger partial charge is 0.481 e. The van der Waals surface area contributed by atoms with E-state index < -0.39 is 67.4 Å². The average molecular weight is 422 g/mol. The molecule has 12 nitrogen and oxygen atoms in total. The van der Waals surface area contributed by atoms with Crippen molar-refractivity contribution in [1.82, 2.24) is 16.0 Å². The Hall–Kier alpha value is -2.38. The Morgan fingerprint density at radius 1 is 1.00 bits per heavy atom. The first-order valence-electron chi connectivity index (χ1n) is 8.29. The van der Waals surface area contributed by atoms with Gasteiger partial charge in [0.05, 0.1) is 19.2 Å². The van der Waals surface area contributed by atoms with Crippen LogP contribution in [0.15, 0.2) is 0 Å². The van der Waals surface area contributed by atoms with Crippen molar-refractivity contribution >= 4 is 41.4 Å². The van der Waals surface area contributed by atoms with Gasteiger partial charge < -0.3 is 37.0 Å². The number of hydrogen-bond donors (Lipinski definition) is 7. The van der Waals surface area contributed by atoms with Gasteiger partial charge in [0.2, 0.25) is 17.7 Å². The first kappa shape index (κ1) is 25.6. The third-order valence-electron chi connectivity index (χ3n) is 3.49. The Bertz CT molecular complexity index is 574. The van der Waals surface area contributed by atoms with Gasteiger partial charge in [-0.25, -0.2) is 4.79 Å². The lowest BCUT2D eigenvalue weighted by atomic mass is 10.1. The number of nitrogens with two attached hydrogens (primary N) is 1. The summed E-state index contributed by atoms with van der Waals surface area (Å²) in [6.07, 6.45) is 1.48. The van der Waals surface area contributed by atoms with Crippen LogP contribution in [0.1, 0.15) is 19.3 Å². The van der Waals surface area contributed by atoms with Crippen LogP contribution in [0.4, 0.5) is 0 Å². The molecule has 0 aliphatic rings. The Morgan fingerprint density at radius 2 is 1.64 bits per heavy atom. The molecular formula is C15H26N4O8S. The Balaban J connectivity index is 4.78. The summed E-state index contributed by atoms with van der Waals surface area (Å²) >= 11 is 1.51. The van der Waals surface area contributed by atoms with Gasteiger partial charge in [-0.3, -0.25) is 19.2 Å². The summed E-state index contributed by atoms with van der Waals surface area (Å²) in [7, 11) is 0. The van der Waals surface area contributed by atoms with E-state index >= 15 is 0 Å². The molecule has 0 bridgehead atoms. The van der Waals surface area contributed by atoms with Gasteiger partial charge in [-0.1, -0.05) is 0 Å². The SMILES string of the molecule is CSCCC(N)C(=O)NCC(=O)NC(CCC(=O)O)C(=O)NC(CO)C(=O)O. The van der Waals surface area contributed by atoms with Crippen LogP contribution in [0.2, 0.25) is 0 Å². The van der Waals surface area contributed by atoms with Gasteiger partial charge in [0, 0.05) is 6.42 Å². The number of thioether (sulfide) groups is 1. The third kappa shape index (κ3) is 10.7. The fraction of sp³-hybridized carbons (Fsp3) is 0.667. The lowest BCUT2D eigenvalue weighted by Gasteiger charge is -2.20. The van der Waals surface area contributed by atoms with E-state index in [1.807, 2.05) is 11.6 Å². The second-order valence-electron chi connectivity index (χ2n) is 5.74. The molecule has 0 heterocycles. The molecule has 3 atom stereocenters. The molecule has 0 aliphatic carbocycles. The summed E-state index contributed by atoms with van der Waals surface area (Å²) in [6, 6.07) is -3.77. The fourth-order valence-corrected chi connectivity index (χ4v) is 2.40. The standard InChI is InChI=1S/C15H26N4O8S/c1-28-5-4-8(16)13(24)17-6-11(21)18-9(2-3-12(22)23)14(25)19-10(7-20)15(26)27/h8-10,20H,2-7,16H2,1H3,(H,17,24)(H,18,21)(H,19,25)(H,22,23)(H,26,27). The molecule has 0 spiro atoms. The number of amides is 3. The zero-order valence-electron chi connectivity index (χ0n) is 15.3. The van der Waals surface area contributed by atoms with Crippen molar-refractivity contribution in [2.75, 3.05) is 25.2 Å². The molecule has 160 valence electrons. The van der Waals surface area contributed by atoms with Crippen LogP contribution in [0.3, 0.4) is 0 Å². The predicted molar refractivity (Wildman–Crippen MR) is 99.4 cm³/mol. The molecule has 0 rings (SSSR count). The van der Waals surface area contributed by atoms with Crippen molar-refractivity contribution < 1.29 is 39.3 Å². The number of hydrogen-bond acceptors (Lipinski definition) is 8. The minimum absolute atomic E-state index is 0.314. The second kappa shape index (κ2) is 13.7. The van der Waals surface area contributed by atoms with Gasteiger partial charge in [-0.05, 0) is 24.9 Å². The van der Waals surface area contributed by atoms with Crippen molar-refractivity contribution in [2.24, 2.45) is 5.73 Å². The highest BCUT2D eigenvalue weighted by atomic mass is 32.2. The van der Waals surface area contributed by atoms with Crippen molar-refractivity contribution in [3.05, 3.63) is 0 Å². The van der Waals surface area contributed by atoms with Gasteiger partial charge in [-0.15, -0.1) is 0 Å². The number of aliphatic hydroxyl groups is 1. The second-order valence-corrected chi connectivity index (χ2v) is 6.73. The normalized spacial score (nSPS) is 13.7. The molecule has 0 saturated carbocycles. The maximum atomic E-state index is 12.1. The molecule has 28 heavy (non-hydrogen) atoms. The Labute approximate surface area is 165 Å². The third-order valence-corrected chi connectivity index (χ3v) is 4.13. The first-order valence-corrected chi connectivity index (χ1v) is 9.69. The first-order chi connectivity index (χ1) is 13.1. The molecule has 3 unspecified atom stereocenters. The van der Waals surface area contributed by atoms with Gasteiger partial charge in [0.1, 0.15) is 12.1 Å². The highest BCUT2D eigenvalue weighted by Gasteiger charge is 2.26. The molecule has 0 fully saturated rings. The highest BCUT2D eigenvalue weighted by Crippen LogP contribution is 2.00. The summed E-state index contributed by atoms with van der Waals surface area (Å²) < 4.78 is 0. The van der Waals surface area contributed by atoms with Crippen molar-refractivity contribution in [3.8, 4) is 0 Å². The number of nitrogens with one attached hydrogen (secondary N) is 3. The number of rotatable bonds is 14. The number of carbonyl (C=O) groups excluding carboxylic acids is 3. The number of aliphatic carboxylic acids is 2. The van der Waals surface area contributed by atoms with Crippen LogP contribution in [0.5, 0.6) is 0 Å². The zero-order chi connectivity index (χ0) is 21.7. The van der Waals surface area contributed by atoms with E-state index in [-0.39, 0.29) is 6.42 Å². The van der Waals surface area contributed by atoms with E-state index in [2.05, 4.69) is 10.6 Å². The van der Waals surface area contributed by atoms with Crippen molar-refractivity contribution in [3.63, 3.8) is 0 Å². The molecule has 0 aromatic heterocycles.